The van der Waals surface area contributed by atoms with Crippen LogP contribution < -0.4 is 15.4 Å². The zero-order chi connectivity index (χ0) is 16.2. The Morgan fingerprint density at radius 2 is 2.26 bits per heavy atom. The summed E-state index contributed by atoms with van der Waals surface area (Å²) in [5.74, 6) is -0.981. The van der Waals surface area contributed by atoms with Crippen molar-refractivity contribution in [2.75, 3.05) is 6.54 Å². The molecule has 7 nitrogen and oxygen atoms in total. The largest absolute Gasteiger partial charge is 0.484 e. The Morgan fingerprint density at radius 1 is 1.43 bits per heavy atom. The summed E-state index contributed by atoms with van der Waals surface area (Å²) in [7, 11) is 0. The quantitative estimate of drug-likeness (QED) is 0.758. The summed E-state index contributed by atoms with van der Waals surface area (Å²) in [6.07, 6.45) is 0.554. The predicted octanol–water partition coefficient (Wildman–Crippen LogP) is 0.746. The molecule has 1 atom stereocenters. The highest BCUT2D eigenvalue weighted by molar-refractivity contribution is 5.96. The van der Waals surface area contributed by atoms with Gasteiger partial charge in [-0.15, -0.1) is 0 Å². The van der Waals surface area contributed by atoms with Gasteiger partial charge in [0.15, 0.2) is 11.6 Å². The molecule has 120 valence electrons. The van der Waals surface area contributed by atoms with Crippen LogP contribution in [-0.4, -0.2) is 34.6 Å². The lowest BCUT2D eigenvalue weighted by atomic mass is 10.2. The summed E-state index contributed by atoms with van der Waals surface area (Å²) in [5.41, 5.74) is 0.672. The maximum Gasteiger partial charge on any atom is 0.272 e. The van der Waals surface area contributed by atoms with Gasteiger partial charge < -0.3 is 15.4 Å². The van der Waals surface area contributed by atoms with Crippen LogP contribution in [0.1, 0.15) is 22.6 Å². The van der Waals surface area contributed by atoms with Crippen molar-refractivity contribution in [3.63, 3.8) is 0 Å². The SMILES string of the molecule is O=C(N[C@@H]1CCNC1=O)c1cc(COc2ccccc2F)[nH]n1. The molecule has 2 amide bonds. The van der Waals surface area contributed by atoms with Gasteiger partial charge in [0, 0.05) is 6.54 Å². The molecule has 0 aliphatic carbocycles. The Bertz CT molecular complexity index is 731. The van der Waals surface area contributed by atoms with Gasteiger partial charge in [0.1, 0.15) is 18.3 Å². The fourth-order valence-electron chi connectivity index (χ4n) is 2.23. The highest BCUT2D eigenvalue weighted by atomic mass is 19.1. The summed E-state index contributed by atoms with van der Waals surface area (Å²) in [6, 6.07) is 7.02. The lowest BCUT2D eigenvalue weighted by Crippen LogP contribution is -2.40. The zero-order valence-electron chi connectivity index (χ0n) is 12.1. The van der Waals surface area contributed by atoms with Gasteiger partial charge in [0.2, 0.25) is 5.91 Å². The molecule has 0 radical (unpaired) electrons. The van der Waals surface area contributed by atoms with Crippen molar-refractivity contribution in [2.45, 2.75) is 19.1 Å². The second kappa shape index (κ2) is 6.47. The van der Waals surface area contributed by atoms with Crippen molar-refractivity contribution in [2.24, 2.45) is 0 Å². The number of halogens is 1. The number of carbonyl (C=O) groups excluding carboxylic acids is 2. The Morgan fingerprint density at radius 3 is 3.00 bits per heavy atom. The molecule has 1 aliphatic heterocycles. The first kappa shape index (κ1) is 15.0. The number of aromatic amines is 1. The smallest absolute Gasteiger partial charge is 0.272 e. The van der Waals surface area contributed by atoms with Crippen molar-refractivity contribution >= 4 is 11.8 Å². The first-order chi connectivity index (χ1) is 11.1. The molecule has 2 heterocycles. The van der Waals surface area contributed by atoms with E-state index in [2.05, 4.69) is 20.8 Å². The van der Waals surface area contributed by atoms with Gasteiger partial charge in [-0.05, 0) is 24.6 Å². The van der Waals surface area contributed by atoms with Gasteiger partial charge >= 0.3 is 0 Å². The minimum atomic E-state index is -0.530. The molecule has 3 N–H and O–H groups in total. The highest BCUT2D eigenvalue weighted by Gasteiger charge is 2.26. The van der Waals surface area contributed by atoms with Gasteiger partial charge in [0.25, 0.3) is 5.91 Å². The van der Waals surface area contributed by atoms with E-state index in [-0.39, 0.29) is 24.0 Å². The molecule has 1 aromatic heterocycles. The summed E-state index contributed by atoms with van der Waals surface area (Å²) >= 11 is 0. The maximum atomic E-state index is 13.4. The van der Waals surface area contributed by atoms with Crippen LogP contribution in [0.4, 0.5) is 4.39 Å². The third kappa shape index (κ3) is 3.47. The minimum absolute atomic E-state index is 0.0468. The second-order valence-corrected chi connectivity index (χ2v) is 5.10. The van der Waals surface area contributed by atoms with E-state index in [0.29, 0.717) is 18.7 Å². The summed E-state index contributed by atoms with van der Waals surface area (Å²) in [6.45, 7) is 0.594. The molecule has 1 saturated heterocycles. The Kier molecular flexibility index (Phi) is 4.22. The normalized spacial score (nSPS) is 16.9. The van der Waals surface area contributed by atoms with Crippen LogP contribution in [0.15, 0.2) is 30.3 Å². The van der Waals surface area contributed by atoms with Crippen LogP contribution in [0.5, 0.6) is 5.75 Å². The predicted molar refractivity (Wildman–Crippen MR) is 78.2 cm³/mol. The lowest BCUT2D eigenvalue weighted by Gasteiger charge is -2.07. The standard InChI is InChI=1S/C15H15FN4O3/c16-10-3-1-2-4-13(10)23-8-9-7-12(20-19-9)15(22)18-11-5-6-17-14(11)21/h1-4,7,11H,5-6,8H2,(H,17,21)(H,18,22)(H,19,20)/t11-/m1/s1. The van der Waals surface area contributed by atoms with Gasteiger partial charge in [-0.2, -0.15) is 5.10 Å². The average molecular weight is 318 g/mol. The number of rotatable bonds is 5. The minimum Gasteiger partial charge on any atom is -0.484 e. The van der Waals surface area contributed by atoms with E-state index in [1.165, 1.54) is 18.2 Å². The zero-order valence-corrected chi connectivity index (χ0v) is 12.1. The third-order valence-electron chi connectivity index (χ3n) is 3.44. The van der Waals surface area contributed by atoms with Crippen LogP contribution in [0.3, 0.4) is 0 Å². The van der Waals surface area contributed by atoms with Crippen molar-refractivity contribution in [3.05, 3.63) is 47.5 Å². The molecule has 0 saturated carbocycles. The van der Waals surface area contributed by atoms with Gasteiger partial charge in [-0.25, -0.2) is 4.39 Å². The molecule has 2 aromatic rings. The molecule has 0 unspecified atom stereocenters. The number of amides is 2. The molecule has 3 rings (SSSR count). The molecule has 23 heavy (non-hydrogen) atoms. The van der Waals surface area contributed by atoms with Gasteiger partial charge in [0.05, 0.1) is 5.69 Å². The lowest BCUT2D eigenvalue weighted by molar-refractivity contribution is -0.120. The molecule has 1 aliphatic rings. The fraction of sp³-hybridized carbons (Fsp3) is 0.267. The molecule has 1 fully saturated rings. The summed E-state index contributed by atoms with van der Waals surface area (Å²) in [4.78, 5) is 23.4. The number of nitrogens with one attached hydrogen (secondary N) is 3. The first-order valence-corrected chi connectivity index (χ1v) is 7.13. The van der Waals surface area contributed by atoms with E-state index in [1.807, 2.05) is 0 Å². The van der Waals surface area contributed by atoms with Gasteiger partial charge in [-0.3, -0.25) is 14.7 Å². The third-order valence-corrected chi connectivity index (χ3v) is 3.44. The molecule has 1 aromatic carbocycles. The molecular weight excluding hydrogens is 303 g/mol. The summed E-state index contributed by atoms with van der Waals surface area (Å²) in [5, 5.41) is 11.8. The molecule has 8 heteroatoms. The monoisotopic (exact) mass is 318 g/mol. The Hall–Kier alpha value is -2.90. The van der Waals surface area contributed by atoms with Crippen LogP contribution in [0, 0.1) is 5.82 Å². The van der Waals surface area contributed by atoms with Crippen LogP contribution >= 0.6 is 0 Å². The number of carbonyl (C=O) groups is 2. The van der Waals surface area contributed by atoms with Crippen LogP contribution in [0.25, 0.3) is 0 Å². The number of ether oxygens (including phenoxy) is 1. The number of aromatic nitrogens is 2. The summed E-state index contributed by atoms with van der Waals surface area (Å²) < 4.78 is 18.8. The highest BCUT2D eigenvalue weighted by Crippen LogP contribution is 2.16. The maximum absolute atomic E-state index is 13.4. The van der Waals surface area contributed by atoms with E-state index < -0.39 is 17.8 Å². The van der Waals surface area contributed by atoms with Crippen molar-refractivity contribution in [1.82, 2.24) is 20.8 Å². The van der Waals surface area contributed by atoms with E-state index >= 15 is 0 Å². The van der Waals surface area contributed by atoms with E-state index in [4.69, 9.17) is 4.74 Å². The fourth-order valence-corrected chi connectivity index (χ4v) is 2.23. The molecule has 0 bridgehead atoms. The van der Waals surface area contributed by atoms with Crippen LogP contribution in [-0.2, 0) is 11.4 Å². The van der Waals surface area contributed by atoms with E-state index in [1.54, 1.807) is 12.1 Å². The van der Waals surface area contributed by atoms with E-state index in [0.717, 1.165) is 0 Å². The molecular formula is C15H15FN4O3. The number of hydrogen-bond donors (Lipinski definition) is 3. The van der Waals surface area contributed by atoms with E-state index in [9.17, 15) is 14.0 Å². The number of para-hydroxylation sites is 1. The Balaban J connectivity index is 1.58. The first-order valence-electron chi connectivity index (χ1n) is 7.13. The van der Waals surface area contributed by atoms with Crippen molar-refractivity contribution in [3.8, 4) is 5.75 Å². The van der Waals surface area contributed by atoms with Crippen LogP contribution in [0.2, 0.25) is 0 Å². The van der Waals surface area contributed by atoms with Crippen molar-refractivity contribution in [1.29, 1.82) is 0 Å². The molecule has 0 spiro atoms. The Labute approximate surface area is 131 Å². The second-order valence-electron chi connectivity index (χ2n) is 5.10. The van der Waals surface area contributed by atoms with Gasteiger partial charge in [-0.1, -0.05) is 12.1 Å². The average Bonchev–Trinajstić information content (AvgIpc) is 3.16. The number of nitrogens with zero attached hydrogens (tertiary/aromatic N) is 1. The number of hydrogen-bond acceptors (Lipinski definition) is 4. The topological polar surface area (TPSA) is 96.1 Å². The number of H-pyrrole nitrogens is 1. The number of benzene rings is 1. The van der Waals surface area contributed by atoms with Crippen molar-refractivity contribution < 1.29 is 18.7 Å².